The molecular formula is C27H27N3O7. The molecule has 2 aromatic carbocycles. The van der Waals surface area contributed by atoms with E-state index in [4.69, 9.17) is 14.6 Å². The molecule has 0 unspecified atom stereocenters. The summed E-state index contributed by atoms with van der Waals surface area (Å²) >= 11 is 0. The number of primary amides is 1. The summed E-state index contributed by atoms with van der Waals surface area (Å²) in [6.07, 6.45) is 2.09. The Morgan fingerprint density at radius 1 is 1.08 bits per heavy atom. The molecule has 10 heteroatoms. The molecule has 0 spiro atoms. The maximum atomic E-state index is 12.7. The summed E-state index contributed by atoms with van der Waals surface area (Å²) in [6, 6.07) is 11.6. The number of rotatable bonds is 10. The molecule has 0 fully saturated rings. The number of benzene rings is 2. The fourth-order valence-corrected chi connectivity index (χ4v) is 4.32. The Labute approximate surface area is 211 Å². The normalized spacial score (nSPS) is 11.9. The Kier molecular flexibility index (Phi) is 7.57. The van der Waals surface area contributed by atoms with Gasteiger partial charge in [-0.1, -0.05) is 30.3 Å². The molecular weight excluding hydrogens is 478 g/mol. The van der Waals surface area contributed by atoms with Crippen molar-refractivity contribution in [3.63, 3.8) is 0 Å². The van der Waals surface area contributed by atoms with Crippen molar-refractivity contribution in [3.05, 3.63) is 70.3 Å². The number of aryl methyl sites for hydroxylation is 1. The molecule has 10 nitrogen and oxygen atoms in total. The van der Waals surface area contributed by atoms with E-state index < -0.39 is 29.6 Å². The fraction of sp³-hybridized carbons (Fsp3) is 0.259. The summed E-state index contributed by atoms with van der Waals surface area (Å²) in [4.78, 5) is 47.5. The van der Waals surface area contributed by atoms with Gasteiger partial charge in [0.15, 0.2) is 0 Å². The second kappa shape index (κ2) is 11.0. The highest BCUT2D eigenvalue weighted by molar-refractivity contribution is 6.02. The minimum absolute atomic E-state index is 0.0838. The van der Waals surface area contributed by atoms with Crippen molar-refractivity contribution in [2.24, 2.45) is 5.73 Å². The number of fused-ring (bicyclic) bond motifs is 2. The van der Waals surface area contributed by atoms with E-state index in [0.717, 1.165) is 21.9 Å². The molecule has 5 N–H and O–H groups in total. The van der Waals surface area contributed by atoms with Crippen molar-refractivity contribution in [3.8, 4) is 11.1 Å². The van der Waals surface area contributed by atoms with Crippen molar-refractivity contribution in [1.82, 2.24) is 10.6 Å². The summed E-state index contributed by atoms with van der Waals surface area (Å²) in [6.45, 7) is 1.99. The highest BCUT2D eigenvalue weighted by Crippen LogP contribution is 2.34. The Morgan fingerprint density at radius 3 is 2.54 bits per heavy atom. The second-order valence-electron chi connectivity index (χ2n) is 8.74. The topological polar surface area (TPSA) is 165 Å². The minimum Gasteiger partial charge on any atom is -0.480 e. The standard InChI is InChI=1S/C27H27N3O7/c1-15-17(9-10-24(31)30-21(25(32)33)8-5-11-29-27(28)35)26(34)37-23-13-22-19(12-18(15)23)20(14-36-22)16-6-3-2-4-7-16/h2-4,6-7,12-14,21H,5,8-11H2,1H3,(H,30,31)(H,32,33)(H3,28,29,35)/t21-/m1/s1. The molecule has 0 aliphatic rings. The third kappa shape index (κ3) is 5.80. The molecule has 2 aromatic heterocycles. The molecule has 3 amide bonds. The number of amides is 3. The van der Waals surface area contributed by atoms with Crippen LogP contribution in [0, 0.1) is 6.92 Å². The van der Waals surface area contributed by atoms with Crippen molar-refractivity contribution < 1.29 is 28.3 Å². The summed E-state index contributed by atoms with van der Waals surface area (Å²) in [5, 5.41) is 15.8. The van der Waals surface area contributed by atoms with Gasteiger partial charge in [0, 0.05) is 40.9 Å². The van der Waals surface area contributed by atoms with Crippen LogP contribution in [0.25, 0.3) is 33.1 Å². The predicted molar refractivity (Wildman–Crippen MR) is 137 cm³/mol. The molecule has 0 saturated heterocycles. The quantitative estimate of drug-likeness (QED) is 0.189. The van der Waals surface area contributed by atoms with Gasteiger partial charge in [0.25, 0.3) is 0 Å². The van der Waals surface area contributed by atoms with E-state index in [1.54, 1.807) is 19.3 Å². The largest absolute Gasteiger partial charge is 0.480 e. The van der Waals surface area contributed by atoms with Gasteiger partial charge in [0.05, 0.1) is 6.26 Å². The highest BCUT2D eigenvalue weighted by Gasteiger charge is 2.21. The molecule has 0 aliphatic carbocycles. The van der Waals surface area contributed by atoms with Gasteiger partial charge in [0.2, 0.25) is 5.91 Å². The minimum atomic E-state index is -1.19. The van der Waals surface area contributed by atoms with Gasteiger partial charge >= 0.3 is 17.6 Å². The first kappa shape index (κ1) is 25.5. The van der Waals surface area contributed by atoms with Crippen LogP contribution in [0.5, 0.6) is 0 Å². The van der Waals surface area contributed by atoms with Crippen LogP contribution in [0.3, 0.4) is 0 Å². The maximum Gasteiger partial charge on any atom is 0.339 e. The smallest absolute Gasteiger partial charge is 0.339 e. The van der Waals surface area contributed by atoms with Crippen molar-refractivity contribution in [1.29, 1.82) is 0 Å². The number of carbonyl (C=O) groups excluding carboxylic acids is 2. The number of carboxylic acids is 1. The number of nitrogens with two attached hydrogens (primary N) is 1. The number of hydrogen-bond acceptors (Lipinski definition) is 6. The van der Waals surface area contributed by atoms with Crippen LogP contribution in [-0.4, -0.2) is 35.6 Å². The number of carboxylic acid groups (broad SMARTS) is 1. The van der Waals surface area contributed by atoms with Gasteiger partial charge in [-0.05, 0) is 43.4 Å². The van der Waals surface area contributed by atoms with E-state index in [9.17, 15) is 24.3 Å². The Balaban J connectivity index is 1.52. The molecule has 4 rings (SSSR count). The second-order valence-corrected chi connectivity index (χ2v) is 8.74. The van der Waals surface area contributed by atoms with Crippen LogP contribution in [0.2, 0.25) is 0 Å². The van der Waals surface area contributed by atoms with Gasteiger partial charge < -0.3 is 30.3 Å². The van der Waals surface area contributed by atoms with E-state index in [1.165, 1.54) is 0 Å². The monoisotopic (exact) mass is 505 g/mol. The van der Waals surface area contributed by atoms with Crippen molar-refractivity contribution >= 4 is 39.8 Å². The Morgan fingerprint density at radius 2 is 1.84 bits per heavy atom. The molecule has 0 aliphatic heterocycles. The van der Waals surface area contributed by atoms with Crippen molar-refractivity contribution in [2.75, 3.05) is 6.54 Å². The number of nitrogens with one attached hydrogen (secondary N) is 2. The maximum absolute atomic E-state index is 12.7. The lowest BCUT2D eigenvalue weighted by molar-refractivity contribution is -0.142. The lowest BCUT2D eigenvalue weighted by Crippen LogP contribution is -2.41. The summed E-state index contributed by atoms with van der Waals surface area (Å²) in [5.74, 6) is -1.70. The third-order valence-corrected chi connectivity index (χ3v) is 6.27. The van der Waals surface area contributed by atoms with Gasteiger partial charge in [-0.15, -0.1) is 0 Å². The molecule has 1 atom stereocenters. The zero-order valence-electron chi connectivity index (χ0n) is 20.2. The zero-order valence-corrected chi connectivity index (χ0v) is 20.2. The average Bonchev–Trinajstić information content (AvgIpc) is 3.27. The van der Waals surface area contributed by atoms with Gasteiger partial charge in [-0.25, -0.2) is 14.4 Å². The third-order valence-electron chi connectivity index (χ3n) is 6.27. The lowest BCUT2D eigenvalue weighted by atomic mass is 9.99. The first-order valence-corrected chi connectivity index (χ1v) is 11.8. The molecule has 0 bridgehead atoms. The molecule has 4 aromatic rings. The summed E-state index contributed by atoms with van der Waals surface area (Å²) < 4.78 is 11.3. The number of hydrogen-bond donors (Lipinski definition) is 4. The lowest BCUT2D eigenvalue weighted by Gasteiger charge is -2.15. The Hall–Kier alpha value is -4.60. The molecule has 37 heavy (non-hydrogen) atoms. The fourth-order valence-electron chi connectivity index (χ4n) is 4.32. The summed E-state index contributed by atoms with van der Waals surface area (Å²) in [5.41, 5.74) is 8.34. The van der Waals surface area contributed by atoms with Crippen LogP contribution < -0.4 is 22.0 Å². The van der Waals surface area contributed by atoms with Crippen LogP contribution >= 0.6 is 0 Å². The number of aliphatic carboxylic acids is 1. The highest BCUT2D eigenvalue weighted by atomic mass is 16.4. The number of carbonyl (C=O) groups is 3. The van der Waals surface area contributed by atoms with Gasteiger partial charge in [0.1, 0.15) is 17.2 Å². The van der Waals surface area contributed by atoms with Gasteiger partial charge in [-0.3, -0.25) is 4.79 Å². The first-order chi connectivity index (χ1) is 17.7. The van der Waals surface area contributed by atoms with E-state index in [0.29, 0.717) is 28.7 Å². The van der Waals surface area contributed by atoms with Crippen molar-refractivity contribution in [2.45, 2.75) is 38.6 Å². The Bertz CT molecular complexity index is 1520. The van der Waals surface area contributed by atoms with E-state index in [1.807, 2.05) is 36.4 Å². The number of furan rings is 1. The van der Waals surface area contributed by atoms with Crippen LogP contribution in [0.1, 0.15) is 30.4 Å². The van der Waals surface area contributed by atoms with Crippen LogP contribution in [-0.2, 0) is 16.0 Å². The van der Waals surface area contributed by atoms with E-state index in [2.05, 4.69) is 10.6 Å². The zero-order chi connectivity index (χ0) is 26.5. The van der Waals surface area contributed by atoms with Crippen LogP contribution in [0.15, 0.2) is 62.4 Å². The average molecular weight is 506 g/mol. The van der Waals surface area contributed by atoms with Gasteiger partial charge in [-0.2, -0.15) is 0 Å². The van der Waals surface area contributed by atoms with E-state index >= 15 is 0 Å². The number of urea groups is 1. The van der Waals surface area contributed by atoms with E-state index in [-0.39, 0.29) is 25.8 Å². The molecule has 0 radical (unpaired) electrons. The van der Waals surface area contributed by atoms with Crippen LogP contribution in [0.4, 0.5) is 4.79 Å². The first-order valence-electron chi connectivity index (χ1n) is 11.8. The summed E-state index contributed by atoms with van der Waals surface area (Å²) in [7, 11) is 0. The molecule has 192 valence electrons. The molecule has 2 heterocycles. The predicted octanol–water partition coefficient (Wildman–Crippen LogP) is 3.47. The molecule has 0 saturated carbocycles. The SMILES string of the molecule is Cc1c(CCC(=O)N[C@H](CCCNC(N)=O)C(=O)O)c(=O)oc2cc3occ(-c4ccccc4)c3cc12.